The Hall–Kier alpha value is -0.450. The molecule has 1 N–H and O–H groups in total. The molecule has 1 aliphatic heterocycles. The van der Waals surface area contributed by atoms with Gasteiger partial charge in [-0.3, -0.25) is 0 Å². The summed E-state index contributed by atoms with van der Waals surface area (Å²) in [4.78, 5) is 0. The number of fused-ring (bicyclic) bond motifs is 1. The lowest BCUT2D eigenvalue weighted by atomic mass is 9.85. The second kappa shape index (κ2) is 5.90. The van der Waals surface area contributed by atoms with Crippen LogP contribution in [0.4, 0.5) is 4.39 Å². The molecule has 3 atom stereocenters. The van der Waals surface area contributed by atoms with Gasteiger partial charge in [-0.15, -0.1) is 0 Å². The minimum absolute atomic E-state index is 0.0144. The molecular weight excluding hydrogens is 309 g/mol. The first-order valence-electron chi connectivity index (χ1n) is 7.04. The maximum Gasteiger partial charge on any atom is 0.124 e. The second-order valence-electron chi connectivity index (χ2n) is 5.55. The summed E-state index contributed by atoms with van der Waals surface area (Å²) in [7, 11) is 0. The predicted molar refractivity (Wildman–Crippen MR) is 76.5 cm³/mol. The fourth-order valence-electron chi connectivity index (χ4n) is 3.20. The Balaban J connectivity index is 1.75. The van der Waals surface area contributed by atoms with Gasteiger partial charge in [-0.25, -0.2) is 4.39 Å². The summed E-state index contributed by atoms with van der Waals surface area (Å²) in [6.07, 6.45) is 5.16. The van der Waals surface area contributed by atoms with E-state index in [4.69, 9.17) is 4.74 Å². The van der Waals surface area contributed by atoms with E-state index in [1.807, 2.05) is 6.07 Å². The Morgan fingerprint density at radius 3 is 2.95 bits per heavy atom. The van der Waals surface area contributed by atoms with Crippen LogP contribution < -0.4 is 5.32 Å². The fourth-order valence-corrected chi connectivity index (χ4v) is 3.80. The van der Waals surface area contributed by atoms with Gasteiger partial charge in [0.2, 0.25) is 0 Å². The predicted octanol–water partition coefficient (Wildman–Crippen LogP) is 3.81. The minimum Gasteiger partial charge on any atom is -0.372 e. The highest BCUT2D eigenvalue weighted by Crippen LogP contribution is 2.32. The lowest BCUT2D eigenvalue weighted by Gasteiger charge is -2.29. The molecule has 0 bridgehead atoms. The number of benzene rings is 1. The Labute approximate surface area is 121 Å². The van der Waals surface area contributed by atoms with Crippen molar-refractivity contribution in [1.82, 2.24) is 5.32 Å². The molecule has 2 nitrogen and oxygen atoms in total. The molecule has 0 aromatic heterocycles. The van der Waals surface area contributed by atoms with E-state index in [0.29, 0.717) is 12.0 Å². The number of halogens is 2. The van der Waals surface area contributed by atoms with E-state index in [0.717, 1.165) is 23.2 Å². The van der Waals surface area contributed by atoms with E-state index in [-0.39, 0.29) is 11.9 Å². The minimum atomic E-state index is -0.217. The van der Waals surface area contributed by atoms with Crippen LogP contribution in [0.5, 0.6) is 0 Å². The summed E-state index contributed by atoms with van der Waals surface area (Å²) in [6.45, 7) is 1.62. The van der Waals surface area contributed by atoms with E-state index in [9.17, 15) is 4.39 Å². The molecule has 2 aliphatic rings. The molecule has 1 heterocycles. The molecule has 19 heavy (non-hydrogen) atoms. The van der Waals surface area contributed by atoms with Crippen molar-refractivity contribution in [3.63, 3.8) is 0 Å². The number of hydrogen-bond acceptors (Lipinski definition) is 2. The van der Waals surface area contributed by atoms with Gasteiger partial charge in [0, 0.05) is 17.1 Å². The molecule has 1 aromatic carbocycles. The number of ether oxygens (including phenoxy) is 1. The van der Waals surface area contributed by atoms with E-state index >= 15 is 0 Å². The molecule has 104 valence electrons. The molecule has 4 heteroatoms. The zero-order chi connectivity index (χ0) is 13.2. The Kier molecular flexibility index (Phi) is 4.20. The van der Waals surface area contributed by atoms with Crippen molar-refractivity contribution in [2.45, 2.75) is 37.8 Å². The van der Waals surface area contributed by atoms with Crippen LogP contribution in [0.15, 0.2) is 22.7 Å². The van der Waals surface area contributed by atoms with Gasteiger partial charge in [-0.05, 0) is 36.5 Å². The summed E-state index contributed by atoms with van der Waals surface area (Å²) in [6, 6.07) is 5.43. The van der Waals surface area contributed by atoms with Crippen molar-refractivity contribution in [2.24, 2.45) is 5.92 Å². The smallest absolute Gasteiger partial charge is 0.124 e. The largest absolute Gasteiger partial charge is 0.372 e. The summed E-state index contributed by atoms with van der Waals surface area (Å²) >= 11 is 3.44. The molecule has 1 saturated carbocycles. The van der Waals surface area contributed by atoms with Crippen LogP contribution in [0.25, 0.3) is 0 Å². The van der Waals surface area contributed by atoms with Crippen LogP contribution in [0.2, 0.25) is 0 Å². The van der Waals surface area contributed by atoms with Gasteiger partial charge in [0.05, 0.1) is 12.7 Å². The molecule has 0 amide bonds. The normalized spacial score (nSPS) is 31.6. The molecular formula is C15H19BrFNO. The first-order chi connectivity index (χ1) is 9.24. The second-order valence-corrected chi connectivity index (χ2v) is 6.40. The van der Waals surface area contributed by atoms with Gasteiger partial charge >= 0.3 is 0 Å². The highest BCUT2D eigenvalue weighted by molar-refractivity contribution is 9.10. The average Bonchev–Trinajstić information content (AvgIpc) is 2.62. The highest BCUT2D eigenvalue weighted by atomic mass is 79.9. The van der Waals surface area contributed by atoms with Crippen LogP contribution in [-0.2, 0) is 4.74 Å². The summed E-state index contributed by atoms with van der Waals surface area (Å²) in [5.41, 5.74) is 1.03. The average molecular weight is 328 g/mol. The third-order valence-corrected chi connectivity index (χ3v) is 4.98. The number of rotatable bonds is 1. The molecule has 1 saturated heterocycles. The number of nitrogens with one attached hydrogen (secondary N) is 1. The third kappa shape index (κ3) is 3.01. The van der Waals surface area contributed by atoms with Crippen molar-refractivity contribution in [2.75, 3.05) is 13.2 Å². The SMILES string of the molecule is Fc1ccc(C2CNC3CCCCC3CO2)c(Br)c1. The van der Waals surface area contributed by atoms with Crippen molar-refractivity contribution >= 4 is 15.9 Å². The Morgan fingerprint density at radius 2 is 2.11 bits per heavy atom. The zero-order valence-electron chi connectivity index (χ0n) is 10.9. The molecule has 0 radical (unpaired) electrons. The quantitative estimate of drug-likeness (QED) is 0.846. The lowest BCUT2D eigenvalue weighted by Crippen LogP contribution is -2.38. The fraction of sp³-hybridized carbons (Fsp3) is 0.600. The molecule has 1 aromatic rings. The molecule has 1 aliphatic carbocycles. The van der Waals surface area contributed by atoms with E-state index in [1.165, 1.54) is 37.8 Å². The zero-order valence-corrected chi connectivity index (χ0v) is 12.5. The van der Waals surface area contributed by atoms with Crippen LogP contribution in [0.1, 0.15) is 37.4 Å². The molecule has 0 spiro atoms. The van der Waals surface area contributed by atoms with Crippen LogP contribution >= 0.6 is 15.9 Å². The van der Waals surface area contributed by atoms with Gasteiger partial charge in [0.25, 0.3) is 0 Å². The monoisotopic (exact) mass is 327 g/mol. The topological polar surface area (TPSA) is 21.3 Å². The molecule has 2 fully saturated rings. The van der Waals surface area contributed by atoms with Gasteiger partial charge in [-0.1, -0.05) is 34.8 Å². The molecule has 3 rings (SSSR count). The Bertz CT molecular complexity index is 438. The van der Waals surface area contributed by atoms with Gasteiger partial charge < -0.3 is 10.1 Å². The number of hydrogen-bond donors (Lipinski definition) is 1. The van der Waals surface area contributed by atoms with Crippen LogP contribution in [0, 0.1) is 11.7 Å². The van der Waals surface area contributed by atoms with E-state index in [2.05, 4.69) is 21.2 Å². The van der Waals surface area contributed by atoms with E-state index in [1.54, 1.807) is 0 Å². The summed E-state index contributed by atoms with van der Waals surface area (Å²) in [5.74, 6) is 0.420. The highest BCUT2D eigenvalue weighted by Gasteiger charge is 2.30. The maximum absolute atomic E-state index is 13.2. The summed E-state index contributed by atoms with van der Waals surface area (Å²) < 4.78 is 20.0. The van der Waals surface area contributed by atoms with Crippen molar-refractivity contribution in [3.05, 3.63) is 34.1 Å². The first kappa shape index (κ1) is 13.5. The maximum atomic E-state index is 13.2. The standard InChI is InChI=1S/C15H19BrFNO/c16-13-7-11(17)5-6-12(13)15-8-18-14-4-2-1-3-10(14)9-19-15/h5-7,10,14-15,18H,1-4,8-9H2. The van der Waals surface area contributed by atoms with Crippen molar-refractivity contribution in [3.8, 4) is 0 Å². The Morgan fingerprint density at radius 1 is 1.26 bits per heavy atom. The van der Waals surface area contributed by atoms with Crippen molar-refractivity contribution in [1.29, 1.82) is 0 Å². The van der Waals surface area contributed by atoms with Gasteiger partial charge in [-0.2, -0.15) is 0 Å². The van der Waals surface area contributed by atoms with Crippen LogP contribution in [0.3, 0.4) is 0 Å². The lowest BCUT2D eigenvalue weighted by molar-refractivity contribution is 0.0397. The van der Waals surface area contributed by atoms with E-state index < -0.39 is 0 Å². The molecule has 3 unspecified atom stereocenters. The van der Waals surface area contributed by atoms with Gasteiger partial charge in [0.1, 0.15) is 5.82 Å². The first-order valence-corrected chi connectivity index (χ1v) is 7.83. The van der Waals surface area contributed by atoms with Gasteiger partial charge in [0.15, 0.2) is 0 Å². The van der Waals surface area contributed by atoms with Crippen LogP contribution in [-0.4, -0.2) is 19.2 Å². The third-order valence-electron chi connectivity index (χ3n) is 4.30. The van der Waals surface area contributed by atoms with Crippen molar-refractivity contribution < 1.29 is 9.13 Å². The summed E-state index contributed by atoms with van der Waals surface area (Å²) in [5, 5.41) is 3.63.